The van der Waals surface area contributed by atoms with E-state index in [1.807, 2.05) is 30.3 Å². The van der Waals surface area contributed by atoms with E-state index in [-0.39, 0.29) is 40.4 Å². The molecule has 0 fully saturated rings. The fourth-order valence-corrected chi connectivity index (χ4v) is 8.29. The fourth-order valence-electron chi connectivity index (χ4n) is 8.16. The maximum absolute atomic E-state index is 14.7. The molecule has 0 unspecified atom stereocenters. The Bertz CT molecular complexity index is 4300. The molecule has 0 saturated carbocycles. The molecular weight excluding hydrogens is 1380 g/mol. The SMILES string of the molecule is CC(=O)O.CC(C)(C)OC(=O)Nc1cccc(Nc2nc(Cl)ncc2F)c1.COCCOc1ccc(Nc2ncc(F)c(Nc3cccc(NC(=O)OC(C)(C)C)c3)n2)cc1O.COCCOc1ccc(Nc2ncc(F)c(Nc3cccc(NC(=O)OC(C)(C)C)c3)n2)cc1OCc1ccccc1. The van der Waals surface area contributed by atoms with Crippen molar-refractivity contribution >= 4 is 111 Å². The maximum Gasteiger partial charge on any atom is 0.412 e. The monoisotopic (exact) mass is 1460 g/mol. The van der Waals surface area contributed by atoms with E-state index in [9.17, 15) is 32.7 Å². The summed E-state index contributed by atoms with van der Waals surface area (Å²) in [6, 6.07) is 39.8. The van der Waals surface area contributed by atoms with Crippen LogP contribution in [0.5, 0.6) is 23.0 Å². The van der Waals surface area contributed by atoms with Crippen LogP contribution in [-0.2, 0) is 35.1 Å². The number of methoxy groups -OCH3 is 2. The number of halogens is 4. The number of ether oxygens (including phenoxy) is 8. The lowest BCUT2D eigenvalue weighted by Gasteiger charge is -2.20. The Morgan fingerprint density at radius 1 is 0.433 bits per heavy atom. The molecule has 0 saturated heterocycles. The number of phenolic OH excluding ortho intramolecular Hbond substituents is 1. The minimum absolute atomic E-state index is 0.0537. The highest BCUT2D eigenvalue weighted by Gasteiger charge is 2.21. The molecule has 0 atom stereocenters. The zero-order chi connectivity index (χ0) is 76.0. The summed E-state index contributed by atoms with van der Waals surface area (Å²) in [5.41, 5.74) is 3.14. The Kier molecular flexibility index (Phi) is 30.6. The van der Waals surface area contributed by atoms with Gasteiger partial charge >= 0.3 is 18.3 Å². The van der Waals surface area contributed by atoms with Crippen LogP contribution in [0.1, 0.15) is 74.8 Å². The first-order valence-electron chi connectivity index (χ1n) is 31.7. The van der Waals surface area contributed by atoms with E-state index in [4.69, 9.17) is 59.4 Å². The van der Waals surface area contributed by atoms with Crippen molar-refractivity contribution in [3.05, 3.63) is 186 Å². The highest BCUT2D eigenvalue weighted by molar-refractivity contribution is 6.28. The number of nitrogens with zero attached hydrogens (tertiary/aromatic N) is 6. The van der Waals surface area contributed by atoms with Crippen molar-refractivity contribution < 1.29 is 80.5 Å². The van der Waals surface area contributed by atoms with Gasteiger partial charge in [0.2, 0.25) is 17.2 Å². The van der Waals surface area contributed by atoms with Gasteiger partial charge in [-0.25, -0.2) is 42.5 Å². The first kappa shape index (κ1) is 81.0. The number of rotatable bonds is 24. The fraction of sp³-hybridized carbons (Fsp3) is 0.278. The largest absolute Gasteiger partial charge is 0.504 e. The third kappa shape index (κ3) is 30.5. The molecule has 10 N–H and O–H groups in total. The Morgan fingerprint density at radius 2 is 0.798 bits per heavy atom. The molecule has 0 aliphatic heterocycles. The number of carbonyl (C=O) groups excluding carboxylic acids is 3. The van der Waals surface area contributed by atoms with Crippen LogP contribution in [0.2, 0.25) is 5.28 Å². The number of carbonyl (C=O) groups is 4. The highest BCUT2D eigenvalue weighted by Crippen LogP contribution is 2.34. The predicted octanol–water partition coefficient (Wildman–Crippen LogP) is 16.7. The van der Waals surface area contributed by atoms with Gasteiger partial charge in [-0.2, -0.15) is 15.0 Å². The van der Waals surface area contributed by atoms with Crippen molar-refractivity contribution in [2.45, 2.75) is 92.6 Å². The van der Waals surface area contributed by atoms with E-state index >= 15 is 0 Å². The normalized spacial score (nSPS) is 10.8. The minimum Gasteiger partial charge on any atom is -0.504 e. The van der Waals surface area contributed by atoms with Gasteiger partial charge < -0.3 is 74.7 Å². The minimum atomic E-state index is -0.833. The van der Waals surface area contributed by atoms with Gasteiger partial charge in [0.25, 0.3) is 5.97 Å². The van der Waals surface area contributed by atoms with Crippen LogP contribution < -0.4 is 56.7 Å². The summed E-state index contributed by atoms with van der Waals surface area (Å²) in [4.78, 5) is 68.7. The molecule has 32 heteroatoms. The van der Waals surface area contributed by atoms with Crippen molar-refractivity contribution in [3.63, 3.8) is 0 Å². The van der Waals surface area contributed by atoms with Gasteiger partial charge in [-0.05, 0) is 158 Å². The summed E-state index contributed by atoms with van der Waals surface area (Å²) in [7, 11) is 3.16. The second kappa shape index (κ2) is 39.3. The van der Waals surface area contributed by atoms with E-state index in [2.05, 4.69) is 72.4 Å². The molecule has 0 spiro atoms. The molecule has 3 aromatic heterocycles. The second-order valence-electron chi connectivity index (χ2n) is 24.7. The number of carboxylic acid groups (broad SMARTS) is 1. The standard InChI is InChI=1S/C31H34FN5O5.C24H28FN5O5.C15H16ClFN4O2.C2H4O2/c1-31(2,3)42-30(38)36-23-12-8-11-22(17-23)34-28-25(32)19-33-29(37-28)35-24-13-14-26(40-16-15-39-4)27(18-24)41-20-21-9-6-5-7-10-21;1-24(2,3)35-23(32)29-16-7-5-6-15(12-16)27-21-18(25)14-26-22(30-21)28-17-8-9-20(19(31)13-17)34-11-10-33-4;1-15(2,3)23-14(22)20-10-6-4-5-9(7-10)19-12-11(17)8-18-13(16)21-12;1-2(3)4/h5-14,17-19H,15-16,20H2,1-4H3,(H,36,38)(H2,33,34,35,37);5-9,12-14,31H,10-11H2,1-4H3,(H,29,32)(H2,26,27,28,30);4-8H,1-3H3,(H,20,22)(H,18,19,21);1H3,(H,3,4). The third-order valence-electron chi connectivity index (χ3n) is 12.3. The number of hydrogen-bond acceptors (Lipinski definition) is 24. The first-order valence-corrected chi connectivity index (χ1v) is 32.1. The quantitative estimate of drug-likeness (QED) is 0.0153. The number of hydrogen-bond donors (Lipinski definition) is 10. The number of anilines is 13. The predicted molar refractivity (Wildman–Crippen MR) is 390 cm³/mol. The number of amides is 3. The number of phenols is 1. The smallest absolute Gasteiger partial charge is 0.412 e. The van der Waals surface area contributed by atoms with E-state index in [1.165, 1.54) is 6.07 Å². The van der Waals surface area contributed by atoms with Crippen LogP contribution in [0.25, 0.3) is 0 Å². The molecule has 104 heavy (non-hydrogen) atoms. The van der Waals surface area contributed by atoms with Crippen LogP contribution in [0, 0.1) is 17.5 Å². The molecule has 0 aliphatic rings. The van der Waals surface area contributed by atoms with Crippen molar-refractivity contribution in [2.75, 3.05) is 83.2 Å². The van der Waals surface area contributed by atoms with Gasteiger partial charge in [-0.1, -0.05) is 48.5 Å². The summed E-state index contributed by atoms with van der Waals surface area (Å²) in [5.74, 6) is -1.46. The van der Waals surface area contributed by atoms with Crippen molar-refractivity contribution in [1.29, 1.82) is 0 Å². The number of benzene rings is 6. The molecular formula is C72H82ClF3N14O14. The molecule has 0 bridgehead atoms. The first-order chi connectivity index (χ1) is 49.3. The molecule has 552 valence electrons. The van der Waals surface area contributed by atoms with E-state index < -0.39 is 58.5 Å². The zero-order valence-electron chi connectivity index (χ0n) is 59.0. The molecule has 9 aromatic rings. The molecule has 0 aliphatic carbocycles. The van der Waals surface area contributed by atoms with Crippen LogP contribution in [-0.4, -0.2) is 122 Å². The van der Waals surface area contributed by atoms with Gasteiger partial charge in [0.1, 0.15) is 36.6 Å². The Labute approximate surface area is 603 Å². The molecule has 3 amide bonds. The maximum atomic E-state index is 14.7. The molecule has 3 heterocycles. The van der Waals surface area contributed by atoms with E-state index in [1.54, 1.807) is 180 Å². The zero-order valence-corrected chi connectivity index (χ0v) is 59.8. The highest BCUT2D eigenvalue weighted by atomic mass is 35.5. The number of aromatic hydroxyl groups is 1. The Balaban J connectivity index is 0.000000247. The van der Waals surface area contributed by atoms with Crippen molar-refractivity contribution in [1.82, 2.24) is 29.9 Å². The average molecular weight is 1460 g/mol. The van der Waals surface area contributed by atoms with Crippen molar-refractivity contribution in [3.8, 4) is 23.0 Å². The second-order valence-corrected chi connectivity index (χ2v) is 25.0. The lowest BCUT2D eigenvalue weighted by Crippen LogP contribution is -2.27. The topological polar surface area (TPSA) is 356 Å². The summed E-state index contributed by atoms with van der Waals surface area (Å²) >= 11 is 5.64. The van der Waals surface area contributed by atoms with Crippen LogP contribution in [0.4, 0.5) is 102 Å². The summed E-state index contributed by atoms with van der Waals surface area (Å²) in [6.45, 7) is 18.8. The Hall–Kier alpha value is -12.0. The Morgan fingerprint density at radius 3 is 1.20 bits per heavy atom. The lowest BCUT2D eigenvalue weighted by atomic mass is 10.2. The molecule has 0 radical (unpaired) electrons. The number of nitrogens with one attached hydrogen (secondary N) is 8. The molecule has 6 aromatic carbocycles. The number of aliphatic carboxylic acids is 1. The lowest BCUT2D eigenvalue weighted by molar-refractivity contribution is -0.134. The van der Waals surface area contributed by atoms with Crippen LogP contribution in [0.15, 0.2) is 158 Å². The molecule has 9 rings (SSSR count). The average Bonchev–Trinajstić information content (AvgIpc) is 0.839. The number of aromatic nitrogens is 6. The summed E-state index contributed by atoms with van der Waals surface area (Å²) < 4.78 is 85.7. The van der Waals surface area contributed by atoms with Gasteiger partial charge in [0, 0.05) is 78.8 Å². The summed E-state index contributed by atoms with van der Waals surface area (Å²) in [6.07, 6.45) is 1.28. The summed E-state index contributed by atoms with van der Waals surface area (Å²) in [5, 5.41) is 40.0. The van der Waals surface area contributed by atoms with E-state index in [0.29, 0.717) is 95.8 Å². The third-order valence-corrected chi connectivity index (χ3v) is 12.4. The van der Waals surface area contributed by atoms with Gasteiger partial charge in [0.05, 0.1) is 31.8 Å². The van der Waals surface area contributed by atoms with Crippen LogP contribution >= 0.6 is 11.6 Å². The van der Waals surface area contributed by atoms with Gasteiger partial charge in [-0.3, -0.25) is 20.7 Å². The van der Waals surface area contributed by atoms with E-state index in [0.717, 1.165) is 31.1 Å². The van der Waals surface area contributed by atoms with Gasteiger partial charge in [0.15, 0.2) is 57.9 Å². The molecule has 28 nitrogen and oxygen atoms in total. The van der Waals surface area contributed by atoms with Crippen molar-refractivity contribution in [2.24, 2.45) is 0 Å². The number of carboxylic acids is 1. The van der Waals surface area contributed by atoms with Gasteiger partial charge in [-0.15, -0.1) is 0 Å². The van der Waals surface area contributed by atoms with Crippen LogP contribution in [0.3, 0.4) is 0 Å².